The standard InChI is InChI=1S/C14H9NOS2/c16-13(9-5-2-1-3-6-9)10-7-4-8-11-12(10)15-14(17)18-11/h1-8H,(H,15,17). The third-order valence-electron chi connectivity index (χ3n) is 2.74. The van der Waals surface area contributed by atoms with E-state index in [9.17, 15) is 4.79 Å². The smallest absolute Gasteiger partial charge is 0.195 e. The average Bonchev–Trinajstić information content (AvgIpc) is 2.79. The molecule has 0 radical (unpaired) electrons. The summed E-state index contributed by atoms with van der Waals surface area (Å²) in [5, 5.41) is 0. The molecule has 1 aromatic heterocycles. The third kappa shape index (κ3) is 1.89. The van der Waals surface area contributed by atoms with Crippen LogP contribution in [0.1, 0.15) is 15.9 Å². The van der Waals surface area contributed by atoms with E-state index < -0.39 is 0 Å². The highest BCUT2D eigenvalue weighted by Crippen LogP contribution is 2.24. The first-order valence-corrected chi connectivity index (χ1v) is 6.70. The van der Waals surface area contributed by atoms with Crippen molar-refractivity contribution in [1.82, 2.24) is 4.98 Å². The molecule has 0 fully saturated rings. The predicted molar refractivity (Wildman–Crippen MR) is 76.9 cm³/mol. The first-order valence-electron chi connectivity index (χ1n) is 5.47. The fraction of sp³-hybridized carbons (Fsp3) is 0. The number of rotatable bonds is 2. The van der Waals surface area contributed by atoms with Crippen LogP contribution < -0.4 is 0 Å². The quantitative estimate of drug-likeness (QED) is 0.560. The van der Waals surface area contributed by atoms with Crippen molar-refractivity contribution in [3.8, 4) is 0 Å². The molecule has 0 amide bonds. The van der Waals surface area contributed by atoms with Crippen molar-refractivity contribution in [2.24, 2.45) is 0 Å². The molecular formula is C14H9NOS2. The van der Waals surface area contributed by atoms with E-state index in [4.69, 9.17) is 12.2 Å². The molecule has 0 bridgehead atoms. The van der Waals surface area contributed by atoms with E-state index in [0.717, 1.165) is 10.2 Å². The van der Waals surface area contributed by atoms with Crippen LogP contribution in [0.5, 0.6) is 0 Å². The predicted octanol–water partition coefficient (Wildman–Crippen LogP) is 4.19. The molecular weight excluding hydrogens is 262 g/mol. The van der Waals surface area contributed by atoms with Gasteiger partial charge in [0, 0.05) is 11.1 Å². The highest BCUT2D eigenvalue weighted by Gasteiger charge is 2.13. The summed E-state index contributed by atoms with van der Waals surface area (Å²) >= 11 is 6.61. The minimum atomic E-state index is 0.0188. The topological polar surface area (TPSA) is 32.9 Å². The number of hydrogen-bond acceptors (Lipinski definition) is 3. The van der Waals surface area contributed by atoms with Crippen LogP contribution in [0.25, 0.3) is 10.2 Å². The van der Waals surface area contributed by atoms with E-state index >= 15 is 0 Å². The summed E-state index contributed by atoms with van der Waals surface area (Å²) in [6.07, 6.45) is 0. The van der Waals surface area contributed by atoms with Crippen LogP contribution in [0.4, 0.5) is 0 Å². The summed E-state index contributed by atoms with van der Waals surface area (Å²) in [6.45, 7) is 0. The van der Waals surface area contributed by atoms with Crippen molar-refractivity contribution in [2.75, 3.05) is 0 Å². The van der Waals surface area contributed by atoms with Gasteiger partial charge in [-0.2, -0.15) is 0 Å². The number of ketones is 1. The highest BCUT2D eigenvalue weighted by atomic mass is 32.1. The monoisotopic (exact) mass is 271 g/mol. The number of carbonyl (C=O) groups excluding carboxylic acids is 1. The lowest BCUT2D eigenvalue weighted by Crippen LogP contribution is -2.01. The second-order valence-corrected chi connectivity index (χ2v) is 5.61. The Morgan fingerprint density at radius 1 is 1.06 bits per heavy atom. The van der Waals surface area contributed by atoms with Crippen LogP contribution in [0, 0.1) is 3.95 Å². The number of hydrogen-bond donors (Lipinski definition) is 1. The van der Waals surface area contributed by atoms with Gasteiger partial charge in [0.05, 0.1) is 10.2 Å². The van der Waals surface area contributed by atoms with Gasteiger partial charge in [0.2, 0.25) is 0 Å². The molecule has 0 saturated heterocycles. The maximum Gasteiger partial charge on any atom is 0.195 e. The maximum atomic E-state index is 12.4. The van der Waals surface area contributed by atoms with Crippen LogP contribution in [-0.2, 0) is 0 Å². The molecule has 0 unspecified atom stereocenters. The second-order valence-electron chi connectivity index (χ2n) is 3.89. The van der Waals surface area contributed by atoms with Gasteiger partial charge in [0.25, 0.3) is 0 Å². The van der Waals surface area contributed by atoms with Crippen molar-refractivity contribution in [1.29, 1.82) is 0 Å². The van der Waals surface area contributed by atoms with E-state index in [1.54, 1.807) is 0 Å². The Morgan fingerprint density at radius 2 is 1.83 bits per heavy atom. The number of thiazole rings is 1. The Balaban J connectivity index is 2.21. The van der Waals surface area contributed by atoms with Crippen LogP contribution in [0.3, 0.4) is 0 Å². The van der Waals surface area contributed by atoms with Gasteiger partial charge in [-0.3, -0.25) is 4.79 Å². The number of para-hydroxylation sites is 1. The van der Waals surface area contributed by atoms with Gasteiger partial charge in [-0.1, -0.05) is 36.4 Å². The number of benzene rings is 2. The Hall–Kier alpha value is -1.78. The third-order valence-corrected chi connectivity index (χ3v) is 3.94. The normalized spacial score (nSPS) is 10.7. The van der Waals surface area contributed by atoms with Crippen LogP contribution >= 0.6 is 23.6 Å². The first-order chi connectivity index (χ1) is 8.75. The minimum absolute atomic E-state index is 0.0188. The van der Waals surface area contributed by atoms with Crippen LogP contribution in [-0.4, -0.2) is 10.8 Å². The summed E-state index contributed by atoms with van der Waals surface area (Å²) in [5.74, 6) is 0.0188. The van der Waals surface area contributed by atoms with Gasteiger partial charge >= 0.3 is 0 Å². The lowest BCUT2D eigenvalue weighted by Gasteiger charge is -2.02. The summed E-state index contributed by atoms with van der Waals surface area (Å²) in [5.41, 5.74) is 2.20. The molecule has 88 valence electrons. The van der Waals surface area contributed by atoms with E-state index in [1.807, 2.05) is 48.5 Å². The van der Waals surface area contributed by atoms with Gasteiger partial charge in [0.15, 0.2) is 9.74 Å². The molecule has 4 heteroatoms. The zero-order chi connectivity index (χ0) is 12.5. The molecule has 3 rings (SSSR count). The molecule has 2 nitrogen and oxygen atoms in total. The van der Waals surface area contributed by atoms with E-state index in [1.165, 1.54) is 11.3 Å². The molecule has 3 aromatic rings. The highest BCUT2D eigenvalue weighted by molar-refractivity contribution is 7.73. The van der Waals surface area contributed by atoms with Crippen molar-refractivity contribution in [3.63, 3.8) is 0 Å². The van der Waals surface area contributed by atoms with Crippen LogP contribution in [0.2, 0.25) is 0 Å². The Labute approximate surface area is 113 Å². The number of aromatic nitrogens is 1. The number of H-pyrrole nitrogens is 1. The second kappa shape index (κ2) is 4.48. The molecule has 0 aliphatic rings. The Bertz CT molecular complexity index is 771. The molecule has 1 heterocycles. The first kappa shape index (κ1) is 11.3. The number of fused-ring (bicyclic) bond motifs is 1. The molecule has 0 atom stereocenters. The van der Waals surface area contributed by atoms with Crippen molar-refractivity contribution in [2.45, 2.75) is 0 Å². The summed E-state index contributed by atoms with van der Waals surface area (Å²) < 4.78 is 1.71. The van der Waals surface area contributed by atoms with Gasteiger partial charge in [-0.15, -0.1) is 11.3 Å². The SMILES string of the molecule is O=C(c1ccccc1)c1cccc2sc(=S)[nH]c12. The van der Waals surface area contributed by atoms with Crippen LogP contribution in [0.15, 0.2) is 48.5 Å². The maximum absolute atomic E-state index is 12.4. The molecule has 0 aliphatic carbocycles. The molecule has 0 aliphatic heterocycles. The van der Waals surface area contributed by atoms with Gasteiger partial charge in [-0.25, -0.2) is 0 Å². The van der Waals surface area contributed by atoms with E-state index in [-0.39, 0.29) is 5.78 Å². The Morgan fingerprint density at radius 3 is 2.61 bits per heavy atom. The average molecular weight is 271 g/mol. The summed E-state index contributed by atoms with van der Waals surface area (Å²) in [7, 11) is 0. The Kier molecular flexibility index (Phi) is 2.81. The van der Waals surface area contributed by atoms with E-state index in [0.29, 0.717) is 15.1 Å². The molecule has 1 N–H and O–H groups in total. The van der Waals surface area contributed by atoms with Crippen molar-refractivity contribution in [3.05, 3.63) is 63.6 Å². The fourth-order valence-electron chi connectivity index (χ4n) is 1.91. The molecule has 18 heavy (non-hydrogen) atoms. The summed E-state index contributed by atoms with van der Waals surface area (Å²) in [6, 6.07) is 15.0. The van der Waals surface area contributed by atoms with Gasteiger partial charge in [-0.05, 0) is 24.4 Å². The summed E-state index contributed by atoms with van der Waals surface area (Å²) in [4.78, 5) is 15.5. The number of carbonyl (C=O) groups is 1. The molecule has 0 saturated carbocycles. The van der Waals surface area contributed by atoms with E-state index in [2.05, 4.69) is 4.98 Å². The van der Waals surface area contributed by atoms with Gasteiger partial charge < -0.3 is 4.98 Å². The van der Waals surface area contributed by atoms with Crippen molar-refractivity contribution < 1.29 is 4.79 Å². The van der Waals surface area contributed by atoms with Crippen molar-refractivity contribution >= 4 is 39.6 Å². The number of nitrogens with one attached hydrogen (secondary N) is 1. The largest absolute Gasteiger partial charge is 0.336 e. The zero-order valence-electron chi connectivity index (χ0n) is 9.34. The fourth-order valence-corrected chi connectivity index (χ4v) is 3.04. The minimum Gasteiger partial charge on any atom is -0.336 e. The number of aromatic amines is 1. The lowest BCUT2D eigenvalue weighted by molar-refractivity contribution is 0.104. The lowest BCUT2D eigenvalue weighted by atomic mass is 10.0. The van der Waals surface area contributed by atoms with Gasteiger partial charge in [0.1, 0.15) is 0 Å². The zero-order valence-corrected chi connectivity index (χ0v) is 11.0. The molecule has 2 aromatic carbocycles. The molecule has 0 spiro atoms.